The lowest BCUT2D eigenvalue weighted by Gasteiger charge is -2.21. The van der Waals surface area contributed by atoms with E-state index < -0.39 is 12.4 Å². The number of para-hydroxylation sites is 1. The summed E-state index contributed by atoms with van der Waals surface area (Å²) in [6.45, 7) is 4.09. The number of urea groups is 1. The van der Waals surface area contributed by atoms with E-state index in [-0.39, 0.29) is 23.3 Å². The highest BCUT2D eigenvalue weighted by atomic mass is 32.2. The van der Waals surface area contributed by atoms with E-state index in [4.69, 9.17) is 0 Å². The molecule has 0 spiro atoms. The molecule has 8 nitrogen and oxygen atoms in total. The van der Waals surface area contributed by atoms with Crippen molar-refractivity contribution in [3.8, 4) is 11.4 Å². The van der Waals surface area contributed by atoms with Crippen LogP contribution >= 0.6 is 11.8 Å². The van der Waals surface area contributed by atoms with Crippen molar-refractivity contribution in [1.82, 2.24) is 9.55 Å². The van der Waals surface area contributed by atoms with Gasteiger partial charge in [-0.1, -0.05) is 55.9 Å². The van der Waals surface area contributed by atoms with Crippen molar-refractivity contribution < 1.29 is 27.5 Å². The summed E-state index contributed by atoms with van der Waals surface area (Å²) in [5.41, 5.74) is 4.29. The van der Waals surface area contributed by atoms with Crippen LogP contribution in [0.4, 0.5) is 29.3 Å². The first kappa shape index (κ1) is 28.3. The third-order valence-corrected chi connectivity index (χ3v) is 7.82. The molecule has 1 saturated heterocycles. The summed E-state index contributed by atoms with van der Waals surface area (Å²) >= 11 is 1.22. The lowest BCUT2D eigenvalue weighted by Crippen LogP contribution is -2.31. The average Bonchev–Trinajstić information content (AvgIpc) is 3.55. The predicted molar refractivity (Wildman–Crippen MR) is 162 cm³/mol. The molecule has 1 aromatic heterocycles. The number of thioether (sulfide) groups is 1. The maximum atomic E-state index is 12.9. The maximum absolute atomic E-state index is 12.9. The number of ether oxygens (including phenoxy) is 1. The molecule has 6 rings (SSSR count). The predicted octanol–water partition coefficient (Wildman–Crippen LogP) is 7.87. The van der Waals surface area contributed by atoms with Gasteiger partial charge in [0.2, 0.25) is 5.91 Å². The minimum Gasteiger partial charge on any atom is -0.406 e. The van der Waals surface area contributed by atoms with Crippen LogP contribution in [0.15, 0.2) is 90.2 Å². The van der Waals surface area contributed by atoms with Crippen LogP contribution in [0.1, 0.15) is 25.3 Å². The molecule has 0 saturated carbocycles. The van der Waals surface area contributed by atoms with Gasteiger partial charge in [-0.25, -0.2) is 9.78 Å². The highest BCUT2D eigenvalue weighted by Crippen LogP contribution is 2.34. The fourth-order valence-electron chi connectivity index (χ4n) is 5.00. The summed E-state index contributed by atoms with van der Waals surface area (Å²) in [7, 11) is 0. The van der Waals surface area contributed by atoms with Gasteiger partial charge in [0.25, 0.3) is 0 Å². The molecule has 0 aliphatic carbocycles. The van der Waals surface area contributed by atoms with Crippen LogP contribution in [0, 0.1) is 0 Å². The number of aromatic nitrogens is 2. The Balaban J connectivity index is 1.23. The number of imidazole rings is 1. The van der Waals surface area contributed by atoms with E-state index in [1.807, 2.05) is 56.3 Å². The van der Waals surface area contributed by atoms with E-state index in [1.165, 1.54) is 40.9 Å². The molecule has 0 radical (unpaired) electrons. The Hall–Kier alpha value is -4.84. The number of rotatable bonds is 5. The standard InChI is InChI=1S/C31H24F3N5O3S/c1-18(2)23-5-3-4-6-25(23)39-27(40)16-43-30(39)37-29(41)36-20-8-13-24-19(15-20)7-14-26-28(24)35-17-38(26)21-9-11-22(12-10-21)42-31(32,33)34/h3-15,17-18H,16H2,1-2H3,(H,36,41). The van der Waals surface area contributed by atoms with Gasteiger partial charge in [-0.2, -0.15) is 4.99 Å². The Morgan fingerprint density at radius 1 is 1.05 bits per heavy atom. The molecule has 1 fully saturated rings. The SMILES string of the molecule is CC(C)c1ccccc1N1C(=O)CSC1=NC(=O)Nc1ccc2c(ccc3c2ncn3-c2ccc(OC(F)(F)F)cc2)c1. The Morgan fingerprint density at radius 3 is 2.56 bits per heavy atom. The normalized spacial score (nSPS) is 14.8. The first-order valence-electron chi connectivity index (χ1n) is 13.3. The molecule has 2 heterocycles. The molecule has 43 heavy (non-hydrogen) atoms. The lowest BCUT2D eigenvalue weighted by atomic mass is 10.0. The quantitative estimate of drug-likeness (QED) is 0.221. The summed E-state index contributed by atoms with van der Waals surface area (Å²) in [4.78, 5) is 35.9. The third kappa shape index (κ3) is 5.78. The number of aliphatic imine (C=N–C) groups is 1. The molecule has 5 aromatic rings. The van der Waals surface area contributed by atoms with Gasteiger partial charge in [0, 0.05) is 16.8 Å². The molecule has 218 valence electrons. The van der Waals surface area contributed by atoms with Crippen LogP contribution in [0.25, 0.3) is 27.5 Å². The van der Waals surface area contributed by atoms with Crippen molar-refractivity contribution in [3.05, 3.63) is 90.8 Å². The van der Waals surface area contributed by atoms with Crippen LogP contribution in [-0.4, -0.2) is 38.8 Å². The first-order valence-corrected chi connectivity index (χ1v) is 14.3. The number of halogens is 3. The zero-order valence-electron chi connectivity index (χ0n) is 22.9. The Kier molecular flexibility index (Phi) is 7.30. The van der Waals surface area contributed by atoms with Gasteiger partial charge >= 0.3 is 12.4 Å². The average molecular weight is 604 g/mol. The molecular weight excluding hydrogens is 579 g/mol. The van der Waals surface area contributed by atoms with E-state index in [1.54, 1.807) is 23.0 Å². The second-order valence-electron chi connectivity index (χ2n) is 10.1. The van der Waals surface area contributed by atoms with Crippen LogP contribution in [-0.2, 0) is 4.79 Å². The molecular formula is C31H24F3N5O3S. The molecule has 4 aromatic carbocycles. The number of benzene rings is 4. The van der Waals surface area contributed by atoms with Crippen molar-refractivity contribution in [1.29, 1.82) is 0 Å². The number of hydrogen-bond donors (Lipinski definition) is 1. The summed E-state index contributed by atoms with van der Waals surface area (Å²) in [5.74, 6) is -0.0668. The van der Waals surface area contributed by atoms with E-state index in [9.17, 15) is 22.8 Å². The van der Waals surface area contributed by atoms with Gasteiger partial charge in [0.05, 0.1) is 22.5 Å². The summed E-state index contributed by atoms with van der Waals surface area (Å²) in [5, 5.41) is 4.75. The summed E-state index contributed by atoms with van der Waals surface area (Å²) in [6, 6.07) is 21.6. The molecule has 0 bridgehead atoms. The van der Waals surface area contributed by atoms with Crippen LogP contribution < -0.4 is 15.0 Å². The summed E-state index contributed by atoms with van der Waals surface area (Å²) < 4.78 is 43.3. The van der Waals surface area contributed by atoms with Crippen molar-refractivity contribution in [2.24, 2.45) is 4.99 Å². The minimum absolute atomic E-state index is 0.135. The number of anilines is 2. The smallest absolute Gasteiger partial charge is 0.406 e. The second-order valence-corrected chi connectivity index (χ2v) is 11.0. The van der Waals surface area contributed by atoms with E-state index in [0.717, 1.165) is 27.5 Å². The molecule has 1 aliphatic rings. The number of amides is 3. The van der Waals surface area contributed by atoms with E-state index in [0.29, 0.717) is 22.1 Å². The molecule has 0 atom stereocenters. The van der Waals surface area contributed by atoms with Crippen LogP contribution in [0.5, 0.6) is 5.75 Å². The third-order valence-electron chi connectivity index (χ3n) is 6.89. The van der Waals surface area contributed by atoms with Crippen LogP contribution in [0.2, 0.25) is 0 Å². The molecule has 3 amide bonds. The highest BCUT2D eigenvalue weighted by Gasteiger charge is 2.32. The van der Waals surface area contributed by atoms with Gasteiger partial charge in [0.15, 0.2) is 5.17 Å². The number of carbonyl (C=O) groups excluding carboxylic acids is 2. The number of amidine groups is 1. The van der Waals surface area contributed by atoms with Crippen molar-refractivity contribution in [3.63, 3.8) is 0 Å². The van der Waals surface area contributed by atoms with Gasteiger partial charge in [-0.3, -0.25) is 14.3 Å². The molecule has 1 N–H and O–H groups in total. The number of alkyl halides is 3. The topological polar surface area (TPSA) is 88.8 Å². The molecule has 0 unspecified atom stereocenters. The molecule has 12 heteroatoms. The number of hydrogen-bond acceptors (Lipinski definition) is 5. The Bertz CT molecular complexity index is 1900. The monoisotopic (exact) mass is 603 g/mol. The first-order chi connectivity index (χ1) is 20.6. The number of fused-ring (bicyclic) bond motifs is 3. The second kappa shape index (κ2) is 11.1. The largest absolute Gasteiger partial charge is 0.573 e. The fraction of sp³-hybridized carbons (Fsp3) is 0.161. The van der Waals surface area contributed by atoms with Crippen molar-refractivity contribution >= 4 is 62.0 Å². The van der Waals surface area contributed by atoms with Crippen molar-refractivity contribution in [2.75, 3.05) is 16.0 Å². The Morgan fingerprint density at radius 2 is 1.81 bits per heavy atom. The minimum atomic E-state index is -4.76. The van der Waals surface area contributed by atoms with Gasteiger partial charge in [-0.05, 0) is 65.4 Å². The van der Waals surface area contributed by atoms with E-state index >= 15 is 0 Å². The fourth-order valence-corrected chi connectivity index (χ4v) is 5.86. The molecule has 1 aliphatic heterocycles. The maximum Gasteiger partial charge on any atom is 0.573 e. The highest BCUT2D eigenvalue weighted by molar-refractivity contribution is 8.15. The lowest BCUT2D eigenvalue weighted by molar-refractivity contribution is -0.274. The zero-order chi connectivity index (χ0) is 30.3. The van der Waals surface area contributed by atoms with Gasteiger partial charge in [-0.15, -0.1) is 13.2 Å². The van der Waals surface area contributed by atoms with Crippen LogP contribution in [0.3, 0.4) is 0 Å². The number of carbonyl (C=O) groups is 2. The number of nitrogens with one attached hydrogen (secondary N) is 1. The van der Waals surface area contributed by atoms with E-state index in [2.05, 4.69) is 20.0 Å². The van der Waals surface area contributed by atoms with Gasteiger partial charge < -0.3 is 10.1 Å². The number of nitrogens with zero attached hydrogens (tertiary/aromatic N) is 4. The zero-order valence-corrected chi connectivity index (χ0v) is 23.7. The van der Waals surface area contributed by atoms with Gasteiger partial charge in [0.1, 0.15) is 12.1 Å². The Labute approximate surface area is 248 Å². The van der Waals surface area contributed by atoms with Crippen molar-refractivity contribution in [2.45, 2.75) is 26.1 Å². The summed E-state index contributed by atoms with van der Waals surface area (Å²) in [6.07, 6.45) is -3.17.